The fourth-order valence-corrected chi connectivity index (χ4v) is 2.29. The maximum absolute atomic E-state index is 11.7. The van der Waals surface area contributed by atoms with Gasteiger partial charge in [-0.25, -0.2) is 19.4 Å². The molecule has 0 saturated heterocycles. The van der Waals surface area contributed by atoms with Gasteiger partial charge < -0.3 is 4.74 Å². The highest BCUT2D eigenvalue weighted by Gasteiger charge is 2.22. The van der Waals surface area contributed by atoms with Gasteiger partial charge in [0.2, 0.25) is 0 Å². The summed E-state index contributed by atoms with van der Waals surface area (Å²) in [5.74, 6) is 0.0334. The molecule has 0 atom stereocenters. The van der Waals surface area contributed by atoms with Gasteiger partial charge in [-0.15, -0.1) is 0 Å². The largest absolute Gasteiger partial charge is 0.462 e. The molecule has 0 aromatic carbocycles. The summed E-state index contributed by atoms with van der Waals surface area (Å²) in [6.45, 7) is 2.04. The summed E-state index contributed by atoms with van der Waals surface area (Å²) in [5, 5.41) is 3.92. The van der Waals surface area contributed by atoms with E-state index in [1.165, 1.54) is 11.0 Å². The maximum Gasteiger partial charge on any atom is 0.350 e. The normalized spacial score (nSPS) is 10.5. The third-order valence-electron chi connectivity index (χ3n) is 1.99. The van der Waals surface area contributed by atoms with Crippen LogP contribution in [0.1, 0.15) is 16.6 Å². The Morgan fingerprint density at radius 1 is 1.65 bits per heavy atom. The molecule has 6 nitrogen and oxygen atoms in total. The second-order valence-electron chi connectivity index (χ2n) is 3.07. The van der Waals surface area contributed by atoms with Crippen LogP contribution in [0.5, 0.6) is 0 Å². The SMILES string of the molecule is CCOC(=O)c1sc(Cl)nc1-c1ncnn1C. The summed E-state index contributed by atoms with van der Waals surface area (Å²) in [6.07, 6.45) is 1.39. The molecular formula is C9H9ClN4O2S. The predicted octanol–water partition coefficient (Wildman–Crippen LogP) is 1.77. The lowest BCUT2D eigenvalue weighted by Gasteiger charge is -2.01. The van der Waals surface area contributed by atoms with E-state index in [1.807, 2.05) is 0 Å². The fourth-order valence-electron chi connectivity index (χ4n) is 1.29. The number of halogens is 1. The number of ether oxygens (including phenoxy) is 1. The van der Waals surface area contributed by atoms with Crippen molar-refractivity contribution in [1.29, 1.82) is 0 Å². The maximum atomic E-state index is 11.7. The van der Waals surface area contributed by atoms with Crippen molar-refractivity contribution in [2.24, 2.45) is 7.05 Å². The van der Waals surface area contributed by atoms with Gasteiger partial charge >= 0.3 is 5.97 Å². The number of esters is 1. The summed E-state index contributed by atoms with van der Waals surface area (Å²) in [5.41, 5.74) is 0.401. The molecule has 2 aromatic rings. The van der Waals surface area contributed by atoms with Gasteiger partial charge in [0, 0.05) is 7.05 Å². The van der Waals surface area contributed by atoms with Gasteiger partial charge in [-0.05, 0) is 6.92 Å². The zero-order valence-electron chi connectivity index (χ0n) is 9.18. The number of carbonyl (C=O) groups excluding carboxylic acids is 1. The molecule has 0 aliphatic carbocycles. The van der Waals surface area contributed by atoms with Gasteiger partial charge in [0.25, 0.3) is 0 Å². The van der Waals surface area contributed by atoms with Crippen LogP contribution < -0.4 is 0 Å². The Morgan fingerprint density at radius 2 is 2.41 bits per heavy atom. The van der Waals surface area contributed by atoms with E-state index in [0.29, 0.717) is 23.0 Å². The molecule has 0 unspecified atom stereocenters. The van der Waals surface area contributed by atoms with Crippen LogP contribution in [-0.2, 0) is 11.8 Å². The van der Waals surface area contributed by atoms with Crippen molar-refractivity contribution in [3.63, 3.8) is 0 Å². The molecule has 0 aliphatic heterocycles. The molecule has 0 N–H and O–H groups in total. The van der Waals surface area contributed by atoms with Gasteiger partial charge in [-0.1, -0.05) is 22.9 Å². The van der Waals surface area contributed by atoms with E-state index >= 15 is 0 Å². The molecule has 90 valence electrons. The molecule has 2 heterocycles. The second-order valence-corrected chi connectivity index (χ2v) is 4.65. The number of rotatable bonds is 3. The molecule has 0 spiro atoms. The molecule has 2 aromatic heterocycles. The van der Waals surface area contributed by atoms with Gasteiger partial charge in [0.05, 0.1) is 6.61 Å². The molecule has 0 radical (unpaired) electrons. The smallest absolute Gasteiger partial charge is 0.350 e. The molecule has 8 heteroatoms. The summed E-state index contributed by atoms with van der Waals surface area (Å²) >= 11 is 6.89. The van der Waals surface area contributed by atoms with Crippen LogP contribution in [0.15, 0.2) is 6.33 Å². The van der Waals surface area contributed by atoms with Crippen LogP contribution in [0, 0.1) is 0 Å². The molecule has 0 amide bonds. The number of thiazole rings is 1. The van der Waals surface area contributed by atoms with E-state index in [9.17, 15) is 4.79 Å². The van der Waals surface area contributed by atoms with Gasteiger partial charge in [-0.3, -0.25) is 0 Å². The topological polar surface area (TPSA) is 69.9 Å². The van der Waals surface area contributed by atoms with E-state index in [2.05, 4.69) is 15.1 Å². The van der Waals surface area contributed by atoms with Gasteiger partial charge in [0.1, 0.15) is 16.9 Å². The standard InChI is InChI=1S/C9H9ClN4O2S/c1-3-16-8(15)6-5(13-9(10)17-6)7-11-4-12-14(7)2/h4H,3H2,1-2H3. The number of hydrogen-bond donors (Lipinski definition) is 0. The molecule has 0 fully saturated rings. The quantitative estimate of drug-likeness (QED) is 0.797. The van der Waals surface area contributed by atoms with Crippen LogP contribution in [0.3, 0.4) is 0 Å². The highest BCUT2D eigenvalue weighted by atomic mass is 35.5. The monoisotopic (exact) mass is 272 g/mol. The minimum absolute atomic E-state index is 0.269. The van der Waals surface area contributed by atoms with E-state index in [-0.39, 0.29) is 4.47 Å². The van der Waals surface area contributed by atoms with Crippen molar-refractivity contribution >= 4 is 28.9 Å². The van der Waals surface area contributed by atoms with Crippen molar-refractivity contribution in [1.82, 2.24) is 19.7 Å². The number of nitrogens with zero attached hydrogens (tertiary/aromatic N) is 4. The first kappa shape index (κ1) is 12.0. The Hall–Kier alpha value is -1.47. The molecule has 0 saturated carbocycles. The van der Waals surface area contributed by atoms with Crippen LogP contribution in [0.4, 0.5) is 0 Å². The summed E-state index contributed by atoms with van der Waals surface area (Å²) in [7, 11) is 1.71. The zero-order valence-corrected chi connectivity index (χ0v) is 10.7. The Balaban J connectivity index is 2.48. The summed E-state index contributed by atoms with van der Waals surface area (Å²) < 4.78 is 6.73. The van der Waals surface area contributed by atoms with Crippen LogP contribution in [-0.4, -0.2) is 32.3 Å². The number of aryl methyl sites for hydroxylation is 1. The lowest BCUT2D eigenvalue weighted by molar-refractivity contribution is 0.0532. The Labute approximate surface area is 106 Å². The Bertz CT molecular complexity index is 551. The predicted molar refractivity (Wildman–Crippen MR) is 63.1 cm³/mol. The first-order valence-corrected chi connectivity index (χ1v) is 6.00. The third-order valence-corrected chi connectivity index (χ3v) is 3.12. The Kier molecular flexibility index (Phi) is 3.39. The van der Waals surface area contributed by atoms with Gasteiger partial charge in [0.15, 0.2) is 10.3 Å². The van der Waals surface area contributed by atoms with Crippen molar-refractivity contribution in [2.75, 3.05) is 6.61 Å². The molecule has 0 bridgehead atoms. The summed E-state index contributed by atoms with van der Waals surface area (Å²) in [4.78, 5) is 20.2. The average molecular weight is 273 g/mol. The first-order chi connectivity index (χ1) is 8.13. The molecule has 17 heavy (non-hydrogen) atoms. The lowest BCUT2D eigenvalue weighted by Crippen LogP contribution is -2.06. The fraction of sp³-hybridized carbons (Fsp3) is 0.333. The van der Waals surface area contributed by atoms with Crippen molar-refractivity contribution in [3.05, 3.63) is 15.7 Å². The average Bonchev–Trinajstić information content (AvgIpc) is 2.84. The zero-order chi connectivity index (χ0) is 12.4. The van der Waals surface area contributed by atoms with Crippen LogP contribution in [0.25, 0.3) is 11.5 Å². The summed E-state index contributed by atoms with van der Waals surface area (Å²) in [6, 6.07) is 0. The minimum Gasteiger partial charge on any atom is -0.462 e. The van der Waals surface area contributed by atoms with Crippen molar-refractivity contribution in [3.8, 4) is 11.5 Å². The molecule has 0 aliphatic rings. The van der Waals surface area contributed by atoms with Crippen LogP contribution in [0.2, 0.25) is 4.47 Å². The molecule has 2 rings (SSSR count). The van der Waals surface area contributed by atoms with E-state index in [0.717, 1.165) is 11.3 Å². The number of aromatic nitrogens is 4. The number of hydrogen-bond acceptors (Lipinski definition) is 6. The third kappa shape index (κ3) is 2.29. The van der Waals surface area contributed by atoms with Crippen molar-refractivity contribution < 1.29 is 9.53 Å². The van der Waals surface area contributed by atoms with E-state index in [1.54, 1.807) is 14.0 Å². The van der Waals surface area contributed by atoms with Gasteiger partial charge in [-0.2, -0.15) is 5.10 Å². The van der Waals surface area contributed by atoms with E-state index in [4.69, 9.17) is 16.3 Å². The first-order valence-electron chi connectivity index (χ1n) is 4.81. The van der Waals surface area contributed by atoms with E-state index < -0.39 is 5.97 Å². The second kappa shape index (κ2) is 4.80. The highest BCUT2D eigenvalue weighted by Crippen LogP contribution is 2.29. The van der Waals surface area contributed by atoms with Crippen molar-refractivity contribution in [2.45, 2.75) is 6.92 Å². The number of carbonyl (C=O) groups is 1. The van der Waals surface area contributed by atoms with Crippen LogP contribution >= 0.6 is 22.9 Å². The minimum atomic E-state index is -0.449. The lowest BCUT2D eigenvalue weighted by atomic mass is 10.3. The highest BCUT2D eigenvalue weighted by molar-refractivity contribution is 7.17. The Morgan fingerprint density at radius 3 is 3.00 bits per heavy atom. The molecular weight excluding hydrogens is 264 g/mol.